The van der Waals surface area contributed by atoms with E-state index in [1.807, 2.05) is 30.3 Å². The third-order valence-electron chi connectivity index (χ3n) is 4.15. The molecule has 0 bridgehead atoms. The summed E-state index contributed by atoms with van der Waals surface area (Å²) in [7, 11) is 0. The van der Waals surface area contributed by atoms with Gasteiger partial charge < -0.3 is 15.4 Å². The van der Waals surface area contributed by atoms with E-state index in [1.165, 1.54) is 25.8 Å². The Bertz CT molecular complexity index is 436. The highest BCUT2D eigenvalue weighted by molar-refractivity contribution is 5.67. The van der Waals surface area contributed by atoms with Gasteiger partial charge in [-0.3, -0.25) is 0 Å². The molecule has 2 N–H and O–H groups in total. The Morgan fingerprint density at radius 3 is 2.82 bits per heavy atom. The number of carbonyl (C=O) groups is 1. The van der Waals surface area contributed by atoms with Gasteiger partial charge in [0.05, 0.1) is 0 Å². The largest absolute Gasteiger partial charge is 0.445 e. The summed E-state index contributed by atoms with van der Waals surface area (Å²) in [6.07, 6.45) is 5.64. The fourth-order valence-electron chi connectivity index (χ4n) is 2.90. The Labute approximate surface area is 133 Å². The minimum atomic E-state index is -0.324. The van der Waals surface area contributed by atoms with Crippen LogP contribution < -0.4 is 10.6 Å². The van der Waals surface area contributed by atoms with Gasteiger partial charge in [0.1, 0.15) is 6.61 Å². The number of rotatable bonds is 8. The summed E-state index contributed by atoms with van der Waals surface area (Å²) >= 11 is 0. The lowest BCUT2D eigenvalue weighted by atomic mass is 10.0. The highest BCUT2D eigenvalue weighted by Crippen LogP contribution is 2.17. The van der Waals surface area contributed by atoms with Gasteiger partial charge in [0, 0.05) is 12.6 Å². The number of nitrogens with one attached hydrogen (secondary N) is 2. The molecule has 1 amide bonds. The van der Waals surface area contributed by atoms with Crippen molar-refractivity contribution in [3.05, 3.63) is 35.9 Å². The van der Waals surface area contributed by atoms with Crippen molar-refractivity contribution in [2.45, 2.75) is 51.7 Å². The van der Waals surface area contributed by atoms with E-state index in [1.54, 1.807) is 0 Å². The van der Waals surface area contributed by atoms with Gasteiger partial charge in [0.2, 0.25) is 0 Å². The van der Waals surface area contributed by atoms with Crippen LogP contribution in [0.15, 0.2) is 30.3 Å². The second-order valence-corrected chi connectivity index (χ2v) is 6.28. The first-order chi connectivity index (χ1) is 10.7. The molecule has 1 saturated heterocycles. The predicted octanol–water partition coefficient (Wildman–Crippen LogP) is 3.47. The van der Waals surface area contributed by atoms with Gasteiger partial charge in [-0.05, 0) is 37.3 Å². The second-order valence-electron chi connectivity index (χ2n) is 6.28. The molecule has 1 fully saturated rings. The van der Waals surface area contributed by atoms with Crippen LogP contribution in [0.25, 0.3) is 0 Å². The van der Waals surface area contributed by atoms with Crippen molar-refractivity contribution in [3.8, 4) is 0 Å². The Balaban J connectivity index is 1.44. The number of hydrogen-bond donors (Lipinski definition) is 2. The smallest absolute Gasteiger partial charge is 0.407 e. The number of unbranched alkanes of at least 4 members (excludes halogenated alkanes) is 2. The standard InChI is InChI=1S/C18H28N2O2/c1-15-12-17(20-13-15)10-6-3-7-11-19-18(21)22-14-16-8-4-2-5-9-16/h2,4-5,8-9,15,17,20H,3,6-7,10-14H2,1H3,(H,19,21). The minimum absolute atomic E-state index is 0.324. The maximum absolute atomic E-state index is 11.6. The van der Waals surface area contributed by atoms with E-state index in [9.17, 15) is 4.79 Å². The van der Waals surface area contributed by atoms with Gasteiger partial charge in [0.25, 0.3) is 0 Å². The Morgan fingerprint density at radius 2 is 2.09 bits per heavy atom. The van der Waals surface area contributed by atoms with E-state index < -0.39 is 0 Å². The minimum Gasteiger partial charge on any atom is -0.445 e. The molecule has 0 aromatic heterocycles. The molecule has 2 unspecified atom stereocenters. The van der Waals surface area contributed by atoms with Crippen molar-refractivity contribution < 1.29 is 9.53 Å². The first-order valence-corrected chi connectivity index (χ1v) is 8.42. The molecule has 22 heavy (non-hydrogen) atoms. The SMILES string of the molecule is CC1CNC(CCCCCNC(=O)OCc2ccccc2)C1. The van der Waals surface area contributed by atoms with E-state index in [0.29, 0.717) is 19.2 Å². The highest BCUT2D eigenvalue weighted by Gasteiger charge is 2.19. The van der Waals surface area contributed by atoms with Crippen LogP contribution in [0.1, 0.15) is 44.6 Å². The molecule has 1 aromatic carbocycles. The van der Waals surface area contributed by atoms with Crippen LogP contribution in [-0.4, -0.2) is 25.2 Å². The third-order valence-corrected chi connectivity index (χ3v) is 4.15. The number of ether oxygens (including phenoxy) is 1. The van der Waals surface area contributed by atoms with E-state index in [-0.39, 0.29) is 6.09 Å². The van der Waals surface area contributed by atoms with Crippen LogP contribution in [0.3, 0.4) is 0 Å². The van der Waals surface area contributed by atoms with E-state index in [4.69, 9.17) is 4.74 Å². The molecule has 0 radical (unpaired) electrons. The average Bonchev–Trinajstić information content (AvgIpc) is 2.95. The highest BCUT2D eigenvalue weighted by atomic mass is 16.5. The normalized spacial score (nSPS) is 20.8. The van der Waals surface area contributed by atoms with Crippen LogP contribution in [0.5, 0.6) is 0 Å². The van der Waals surface area contributed by atoms with E-state index in [0.717, 1.165) is 24.3 Å². The molecule has 0 spiro atoms. The number of hydrogen-bond acceptors (Lipinski definition) is 3. The van der Waals surface area contributed by atoms with E-state index >= 15 is 0 Å². The molecule has 4 heteroatoms. The first kappa shape index (κ1) is 16.8. The van der Waals surface area contributed by atoms with Crippen LogP contribution in [0, 0.1) is 5.92 Å². The molecular weight excluding hydrogens is 276 g/mol. The van der Waals surface area contributed by atoms with Gasteiger partial charge in [-0.2, -0.15) is 0 Å². The molecule has 4 nitrogen and oxygen atoms in total. The second kappa shape index (κ2) is 9.46. The van der Waals surface area contributed by atoms with Gasteiger partial charge in [-0.15, -0.1) is 0 Å². The zero-order chi connectivity index (χ0) is 15.6. The van der Waals surface area contributed by atoms with Crippen LogP contribution in [0.2, 0.25) is 0 Å². The van der Waals surface area contributed by atoms with Crippen LogP contribution in [0.4, 0.5) is 4.79 Å². The Hall–Kier alpha value is -1.55. The summed E-state index contributed by atoms with van der Waals surface area (Å²) in [5, 5.41) is 6.37. The van der Waals surface area contributed by atoms with Crippen molar-refractivity contribution in [2.75, 3.05) is 13.1 Å². The summed E-state index contributed by atoms with van der Waals surface area (Å²) in [5.41, 5.74) is 1.01. The number of alkyl carbamates (subject to hydrolysis) is 1. The lowest BCUT2D eigenvalue weighted by Gasteiger charge is -2.10. The average molecular weight is 304 g/mol. The lowest BCUT2D eigenvalue weighted by molar-refractivity contribution is 0.139. The molecule has 2 atom stereocenters. The quantitative estimate of drug-likeness (QED) is 0.723. The topological polar surface area (TPSA) is 50.4 Å². The van der Waals surface area contributed by atoms with Crippen molar-refractivity contribution in [3.63, 3.8) is 0 Å². The van der Waals surface area contributed by atoms with Gasteiger partial charge in [-0.1, -0.05) is 50.1 Å². The summed E-state index contributed by atoms with van der Waals surface area (Å²) < 4.78 is 5.17. The predicted molar refractivity (Wildman–Crippen MR) is 88.7 cm³/mol. The molecule has 0 aliphatic carbocycles. The maximum atomic E-state index is 11.6. The molecule has 1 aliphatic rings. The Morgan fingerprint density at radius 1 is 1.27 bits per heavy atom. The number of amides is 1. The van der Waals surface area contributed by atoms with E-state index in [2.05, 4.69) is 17.6 Å². The first-order valence-electron chi connectivity index (χ1n) is 8.42. The fourth-order valence-corrected chi connectivity index (χ4v) is 2.90. The van der Waals surface area contributed by atoms with Crippen LogP contribution >= 0.6 is 0 Å². The number of carbonyl (C=O) groups excluding carboxylic acids is 1. The Kier molecular flexibility index (Phi) is 7.23. The molecule has 1 aromatic rings. The molecular formula is C18H28N2O2. The summed E-state index contributed by atoms with van der Waals surface area (Å²) in [6, 6.07) is 10.4. The van der Waals surface area contributed by atoms with Crippen molar-refractivity contribution >= 4 is 6.09 Å². The summed E-state index contributed by atoms with van der Waals surface area (Å²) in [4.78, 5) is 11.6. The van der Waals surface area contributed by atoms with Crippen molar-refractivity contribution in [1.82, 2.24) is 10.6 Å². The van der Waals surface area contributed by atoms with Gasteiger partial charge in [0.15, 0.2) is 0 Å². The monoisotopic (exact) mass is 304 g/mol. The lowest BCUT2D eigenvalue weighted by Crippen LogP contribution is -2.25. The van der Waals surface area contributed by atoms with Gasteiger partial charge >= 0.3 is 6.09 Å². The maximum Gasteiger partial charge on any atom is 0.407 e. The summed E-state index contributed by atoms with van der Waals surface area (Å²) in [6.45, 7) is 4.50. The van der Waals surface area contributed by atoms with Gasteiger partial charge in [-0.25, -0.2) is 4.79 Å². The summed E-state index contributed by atoms with van der Waals surface area (Å²) in [5.74, 6) is 0.825. The van der Waals surface area contributed by atoms with Crippen molar-refractivity contribution in [1.29, 1.82) is 0 Å². The third kappa shape index (κ3) is 6.48. The van der Waals surface area contributed by atoms with Crippen molar-refractivity contribution in [2.24, 2.45) is 5.92 Å². The molecule has 2 rings (SSSR count). The zero-order valence-electron chi connectivity index (χ0n) is 13.5. The number of benzene rings is 1. The fraction of sp³-hybridized carbons (Fsp3) is 0.611. The molecule has 0 saturated carbocycles. The van der Waals surface area contributed by atoms with Crippen LogP contribution in [-0.2, 0) is 11.3 Å². The zero-order valence-corrected chi connectivity index (χ0v) is 13.5. The molecule has 122 valence electrons. The molecule has 1 heterocycles. The molecule has 1 aliphatic heterocycles.